The zero-order chi connectivity index (χ0) is 13.9. The fourth-order valence-electron chi connectivity index (χ4n) is 3.18. The molecule has 2 aliphatic rings. The molecule has 0 aromatic heterocycles. The third-order valence-electron chi connectivity index (χ3n) is 4.75. The number of amides is 1. The predicted molar refractivity (Wildman–Crippen MR) is 76.0 cm³/mol. The van der Waals surface area contributed by atoms with E-state index in [1.807, 2.05) is 11.8 Å². The molecule has 0 bridgehead atoms. The Morgan fingerprint density at radius 2 is 2.00 bits per heavy atom. The van der Waals surface area contributed by atoms with Crippen molar-refractivity contribution in [1.82, 2.24) is 10.2 Å². The molecule has 1 N–H and O–H groups in total. The maximum Gasteiger partial charge on any atom is 0.236 e. The monoisotopic (exact) mass is 268 g/mol. The van der Waals surface area contributed by atoms with Gasteiger partial charge in [0.2, 0.25) is 5.91 Å². The van der Waals surface area contributed by atoms with Crippen LogP contribution in [0.1, 0.15) is 46.5 Å². The minimum Gasteiger partial charge on any atom is -0.378 e. The summed E-state index contributed by atoms with van der Waals surface area (Å²) in [5, 5.41) is 3.42. The Hall–Kier alpha value is -0.610. The molecule has 1 heterocycles. The van der Waals surface area contributed by atoms with Crippen molar-refractivity contribution < 1.29 is 9.53 Å². The molecule has 2 atom stereocenters. The smallest absolute Gasteiger partial charge is 0.236 e. The van der Waals surface area contributed by atoms with E-state index in [-0.39, 0.29) is 11.3 Å². The van der Waals surface area contributed by atoms with Gasteiger partial charge in [0.25, 0.3) is 0 Å². The lowest BCUT2D eigenvalue weighted by molar-refractivity contribution is -0.135. The van der Waals surface area contributed by atoms with Crippen molar-refractivity contribution in [3.05, 3.63) is 0 Å². The van der Waals surface area contributed by atoms with Gasteiger partial charge in [0.15, 0.2) is 0 Å². The van der Waals surface area contributed by atoms with Crippen LogP contribution in [0.25, 0.3) is 0 Å². The second-order valence-electron chi connectivity index (χ2n) is 6.38. The van der Waals surface area contributed by atoms with E-state index in [9.17, 15) is 4.79 Å². The molecule has 2 unspecified atom stereocenters. The van der Waals surface area contributed by atoms with Crippen LogP contribution in [0.15, 0.2) is 0 Å². The van der Waals surface area contributed by atoms with Crippen LogP contribution in [-0.4, -0.2) is 49.2 Å². The summed E-state index contributed by atoms with van der Waals surface area (Å²) in [6, 6.07) is 0.401. The molecule has 19 heavy (non-hydrogen) atoms. The zero-order valence-corrected chi connectivity index (χ0v) is 12.6. The predicted octanol–water partition coefficient (Wildman–Crippen LogP) is 1.79. The molecular weight excluding hydrogens is 240 g/mol. The molecule has 1 amide bonds. The fraction of sp³-hybridized carbons (Fsp3) is 0.933. The third kappa shape index (κ3) is 3.29. The van der Waals surface area contributed by atoms with Crippen molar-refractivity contribution in [3.8, 4) is 0 Å². The lowest BCUT2D eigenvalue weighted by Gasteiger charge is -2.52. The molecular formula is C15H28N2O2. The van der Waals surface area contributed by atoms with Crippen LogP contribution in [0.4, 0.5) is 0 Å². The maximum absolute atomic E-state index is 12.1. The molecule has 0 spiro atoms. The van der Waals surface area contributed by atoms with Crippen LogP contribution in [0.3, 0.4) is 0 Å². The van der Waals surface area contributed by atoms with E-state index in [0.717, 1.165) is 39.0 Å². The molecule has 4 heteroatoms. The average Bonchev–Trinajstić information content (AvgIpc) is 2.42. The first-order valence-electron chi connectivity index (χ1n) is 7.68. The summed E-state index contributed by atoms with van der Waals surface area (Å²) in [7, 11) is 0. The molecule has 0 radical (unpaired) electrons. The molecule has 110 valence electrons. The number of ether oxygens (including phenoxy) is 1. The van der Waals surface area contributed by atoms with E-state index in [1.165, 1.54) is 6.42 Å². The van der Waals surface area contributed by atoms with Gasteiger partial charge < -0.3 is 15.0 Å². The average molecular weight is 268 g/mol. The van der Waals surface area contributed by atoms with Gasteiger partial charge in [0, 0.05) is 31.2 Å². The molecule has 0 aromatic carbocycles. The summed E-state index contributed by atoms with van der Waals surface area (Å²) < 4.78 is 5.71. The summed E-state index contributed by atoms with van der Waals surface area (Å²) in [4.78, 5) is 14.1. The highest BCUT2D eigenvalue weighted by atomic mass is 16.5. The van der Waals surface area contributed by atoms with Crippen molar-refractivity contribution >= 4 is 5.91 Å². The van der Waals surface area contributed by atoms with Crippen LogP contribution in [0.2, 0.25) is 0 Å². The van der Waals surface area contributed by atoms with Crippen LogP contribution in [-0.2, 0) is 9.53 Å². The number of piperidine rings is 1. The van der Waals surface area contributed by atoms with E-state index < -0.39 is 0 Å². The first kappa shape index (κ1) is 14.8. The van der Waals surface area contributed by atoms with Gasteiger partial charge in [0.05, 0.1) is 12.6 Å². The Balaban J connectivity index is 1.72. The molecule has 4 nitrogen and oxygen atoms in total. The molecule has 1 aliphatic carbocycles. The van der Waals surface area contributed by atoms with E-state index in [4.69, 9.17) is 4.74 Å². The van der Waals surface area contributed by atoms with E-state index in [0.29, 0.717) is 18.7 Å². The first-order valence-corrected chi connectivity index (χ1v) is 7.68. The maximum atomic E-state index is 12.1. The molecule has 1 saturated heterocycles. The number of nitrogens with one attached hydrogen (secondary N) is 1. The Kier molecular flexibility index (Phi) is 4.85. The topological polar surface area (TPSA) is 41.6 Å². The van der Waals surface area contributed by atoms with Crippen molar-refractivity contribution in [3.63, 3.8) is 0 Å². The number of nitrogens with zero attached hydrogens (tertiary/aromatic N) is 1. The van der Waals surface area contributed by atoms with Crippen LogP contribution < -0.4 is 5.32 Å². The standard InChI is InChI=1S/C15H28N2O2/c1-4-19-13-10-12(15(13,2)3)16-11-14(18)17-8-6-5-7-9-17/h12-13,16H,4-11H2,1-3H3. The summed E-state index contributed by atoms with van der Waals surface area (Å²) in [5.41, 5.74) is 0.137. The Morgan fingerprint density at radius 1 is 1.32 bits per heavy atom. The van der Waals surface area contributed by atoms with E-state index >= 15 is 0 Å². The largest absolute Gasteiger partial charge is 0.378 e. The van der Waals surface area contributed by atoms with Gasteiger partial charge in [-0.2, -0.15) is 0 Å². The van der Waals surface area contributed by atoms with Crippen molar-refractivity contribution in [2.75, 3.05) is 26.2 Å². The number of likely N-dealkylation sites (tertiary alicyclic amines) is 1. The van der Waals surface area contributed by atoms with Crippen LogP contribution >= 0.6 is 0 Å². The van der Waals surface area contributed by atoms with Gasteiger partial charge in [-0.25, -0.2) is 0 Å². The molecule has 1 saturated carbocycles. The van der Waals surface area contributed by atoms with Gasteiger partial charge in [-0.1, -0.05) is 13.8 Å². The lowest BCUT2D eigenvalue weighted by Crippen LogP contribution is -2.62. The minimum absolute atomic E-state index is 0.137. The Morgan fingerprint density at radius 3 is 2.58 bits per heavy atom. The fourth-order valence-corrected chi connectivity index (χ4v) is 3.18. The summed E-state index contributed by atoms with van der Waals surface area (Å²) >= 11 is 0. The van der Waals surface area contributed by atoms with E-state index in [2.05, 4.69) is 19.2 Å². The highest BCUT2D eigenvalue weighted by Gasteiger charge is 2.48. The Labute approximate surface area is 116 Å². The van der Waals surface area contributed by atoms with Crippen molar-refractivity contribution in [1.29, 1.82) is 0 Å². The number of hydrogen-bond acceptors (Lipinski definition) is 3. The first-order chi connectivity index (χ1) is 9.05. The van der Waals surface area contributed by atoms with Gasteiger partial charge in [0.1, 0.15) is 0 Å². The number of rotatable bonds is 5. The second kappa shape index (κ2) is 6.23. The quantitative estimate of drug-likeness (QED) is 0.826. The summed E-state index contributed by atoms with van der Waals surface area (Å²) in [6.45, 7) is 9.61. The zero-order valence-electron chi connectivity index (χ0n) is 12.6. The highest BCUT2D eigenvalue weighted by Crippen LogP contribution is 2.42. The van der Waals surface area contributed by atoms with E-state index in [1.54, 1.807) is 0 Å². The second-order valence-corrected chi connectivity index (χ2v) is 6.38. The van der Waals surface area contributed by atoms with Crippen LogP contribution in [0.5, 0.6) is 0 Å². The van der Waals surface area contributed by atoms with Gasteiger partial charge in [-0.3, -0.25) is 4.79 Å². The van der Waals surface area contributed by atoms with Crippen LogP contribution in [0, 0.1) is 5.41 Å². The molecule has 0 aromatic rings. The number of carbonyl (C=O) groups is 1. The SMILES string of the molecule is CCOC1CC(NCC(=O)N2CCCCC2)C1(C)C. The summed E-state index contributed by atoms with van der Waals surface area (Å²) in [6.07, 6.45) is 4.94. The summed E-state index contributed by atoms with van der Waals surface area (Å²) in [5.74, 6) is 0.260. The van der Waals surface area contributed by atoms with Crippen molar-refractivity contribution in [2.24, 2.45) is 5.41 Å². The highest BCUT2D eigenvalue weighted by molar-refractivity contribution is 5.78. The lowest BCUT2D eigenvalue weighted by atomic mass is 9.64. The minimum atomic E-state index is 0.137. The number of carbonyl (C=O) groups excluding carboxylic acids is 1. The van der Waals surface area contributed by atoms with Crippen molar-refractivity contribution in [2.45, 2.75) is 58.6 Å². The third-order valence-corrected chi connectivity index (χ3v) is 4.75. The normalized spacial score (nSPS) is 29.9. The molecule has 2 rings (SSSR count). The van der Waals surface area contributed by atoms with Gasteiger partial charge >= 0.3 is 0 Å². The van der Waals surface area contributed by atoms with Gasteiger partial charge in [-0.05, 0) is 32.6 Å². The van der Waals surface area contributed by atoms with Gasteiger partial charge in [-0.15, -0.1) is 0 Å². The number of hydrogen-bond donors (Lipinski definition) is 1. The molecule has 2 fully saturated rings. The molecule has 1 aliphatic heterocycles. The Bertz CT molecular complexity index is 311.